The van der Waals surface area contributed by atoms with E-state index in [1.54, 1.807) is 7.11 Å². The zero-order chi connectivity index (χ0) is 21.4. The van der Waals surface area contributed by atoms with Gasteiger partial charge in [-0.15, -0.1) is 0 Å². The topological polar surface area (TPSA) is 38.7 Å². The predicted octanol–water partition coefficient (Wildman–Crippen LogP) is 5.95. The van der Waals surface area contributed by atoms with Gasteiger partial charge in [-0.2, -0.15) is 0 Å². The van der Waals surface area contributed by atoms with Crippen LogP contribution in [0, 0.1) is 17.3 Å². The van der Waals surface area contributed by atoms with E-state index in [1.807, 2.05) is 33.8 Å². The van der Waals surface area contributed by atoms with Gasteiger partial charge in [-0.05, 0) is 82.4 Å². The van der Waals surface area contributed by atoms with E-state index in [-0.39, 0.29) is 5.41 Å². The Bertz CT molecular complexity index is 664. The minimum Gasteiger partial charge on any atom is -0.376 e. The lowest BCUT2D eigenvalue weighted by Crippen LogP contribution is -2.30. The van der Waals surface area contributed by atoms with Gasteiger partial charge in [0.05, 0.1) is 6.61 Å². The molecule has 0 saturated heterocycles. The second-order valence-electron chi connectivity index (χ2n) is 8.71. The Kier molecular flexibility index (Phi) is 9.70. The van der Waals surface area contributed by atoms with Crippen molar-refractivity contribution in [3.63, 3.8) is 0 Å². The van der Waals surface area contributed by atoms with Crippen molar-refractivity contribution in [3.05, 3.63) is 34.4 Å². The van der Waals surface area contributed by atoms with E-state index in [4.69, 9.17) is 9.47 Å². The third kappa shape index (κ3) is 7.59. The van der Waals surface area contributed by atoms with Gasteiger partial charge in [-0.3, -0.25) is 0 Å². The molecule has 0 aromatic rings. The van der Waals surface area contributed by atoms with Crippen LogP contribution in [0.1, 0.15) is 80.6 Å². The maximum atomic E-state index is 10.4. The highest BCUT2D eigenvalue weighted by atomic mass is 16.7. The SMILES string of the molecule is CCC(C)(OC)OC/C=C(/C)C#CC(O)/C(C)=C/CC1=C(C)CCCC1(C)C. The third-order valence-corrected chi connectivity index (χ3v) is 6.00. The molecule has 0 fully saturated rings. The molecule has 3 heteroatoms. The van der Waals surface area contributed by atoms with Crippen LogP contribution in [0.2, 0.25) is 0 Å². The Balaban J connectivity index is 2.68. The number of rotatable bonds is 8. The molecule has 0 bridgehead atoms. The molecule has 1 rings (SSSR count). The van der Waals surface area contributed by atoms with Gasteiger partial charge in [-0.1, -0.05) is 49.8 Å². The molecule has 0 amide bonds. The molecule has 158 valence electrons. The number of aliphatic hydroxyl groups excluding tert-OH is 1. The fourth-order valence-electron chi connectivity index (χ4n) is 3.50. The zero-order valence-corrected chi connectivity index (χ0v) is 19.2. The van der Waals surface area contributed by atoms with Crippen LogP contribution in [0.15, 0.2) is 34.4 Å². The first-order chi connectivity index (χ1) is 13.0. The summed E-state index contributed by atoms with van der Waals surface area (Å²) in [6, 6.07) is 0. The number of hydrogen-bond acceptors (Lipinski definition) is 3. The molecule has 0 aliphatic heterocycles. The lowest BCUT2D eigenvalue weighted by Gasteiger charge is -2.34. The summed E-state index contributed by atoms with van der Waals surface area (Å²) in [6.07, 6.45) is 8.70. The third-order valence-electron chi connectivity index (χ3n) is 6.00. The molecule has 0 spiro atoms. The van der Waals surface area contributed by atoms with Crippen LogP contribution in [0.4, 0.5) is 0 Å². The van der Waals surface area contributed by atoms with Crippen molar-refractivity contribution in [1.82, 2.24) is 0 Å². The summed E-state index contributed by atoms with van der Waals surface area (Å²) in [5.74, 6) is 5.41. The first kappa shape index (κ1) is 24.7. The van der Waals surface area contributed by atoms with Crippen LogP contribution in [0.5, 0.6) is 0 Å². The molecule has 0 aromatic heterocycles. The number of aliphatic hydroxyl groups is 1. The van der Waals surface area contributed by atoms with Crippen LogP contribution in [-0.4, -0.2) is 30.7 Å². The summed E-state index contributed by atoms with van der Waals surface area (Å²) in [6.45, 7) is 15.2. The highest BCUT2D eigenvalue weighted by Crippen LogP contribution is 2.42. The summed E-state index contributed by atoms with van der Waals surface area (Å²) in [7, 11) is 1.65. The molecule has 0 aromatic carbocycles. The van der Waals surface area contributed by atoms with Crippen molar-refractivity contribution in [2.24, 2.45) is 5.41 Å². The molecule has 2 atom stereocenters. The van der Waals surface area contributed by atoms with E-state index >= 15 is 0 Å². The molecule has 0 radical (unpaired) electrons. The molecule has 3 nitrogen and oxygen atoms in total. The van der Waals surface area contributed by atoms with Crippen LogP contribution >= 0.6 is 0 Å². The average molecular weight is 389 g/mol. The summed E-state index contributed by atoms with van der Waals surface area (Å²) in [5, 5.41) is 10.4. The van der Waals surface area contributed by atoms with Gasteiger partial charge in [0.15, 0.2) is 5.79 Å². The normalized spacial score (nSPS) is 21.0. The predicted molar refractivity (Wildman–Crippen MR) is 118 cm³/mol. The van der Waals surface area contributed by atoms with Crippen molar-refractivity contribution in [3.8, 4) is 11.8 Å². The van der Waals surface area contributed by atoms with Crippen molar-refractivity contribution >= 4 is 0 Å². The first-order valence-corrected chi connectivity index (χ1v) is 10.5. The van der Waals surface area contributed by atoms with E-state index in [1.165, 1.54) is 30.4 Å². The molecule has 1 aliphatic carbocycles. The second-order valence-corrected chi connectivity index (χ2v) is 8.71. The van der Waals surface area contributed by atoms with Gasteiger partial charge in [0.1, 0.15) is 6.10 Å². The lowest BCUT2D eigenvalue weighted by atomic mass is 9.71. The van der Waals surface area contributed by atoms with Crippen LogP contribution in [0.25, 0.3) is 0 Å². The van der Waals surface area contributed by atoms with Crippen molar-refractivity contribution in [2.75, 3.05) is 13.7 Å². The van der Waals surface area contributed by atoms with Crippen molar-refractivity contribution in [1.29, 1.82) is 0 Å². The van der Waals surface area contributed by atoms with Gasteiger partial charge in [0.25, 0.3) is 0 Å². The quantitative estimate of drug-likeness (QED) is 0.317. The summed E-state index contributed by atoms with van der Waals surface area (Å²) < 4.78 is 11.1. The fourth-order valence-corrected chi connectivity index (χ4v) is 3.50. The largest absolute Gasteiger partial charge is 0.376 e. The van der Waals surface area contributed by atoms with Crippen LogP contribution in [-0.2, 0) is 9.47 Å². The van der Waals surface area contributed by atoms with Gasteiger partial charge >= 0.3 is 0 Å². The maximum absolute atomic E-state index is 10.4. The smallest absolute Gasteiger partial charge is 0.165 e. The van der Waals surface area contributed by atoms with E-state index < -0.39 is 11.9 Å². The van der Waals surface area contributed by atoms with E-state index in [0.717, 1.165) is 24.0 Å². The lowest BCUT2D eigenvalue weighted by molar-refractivity contribution is -0.204. The maximum Gasteiger partial charge on any atom is 0.165 e. The van der Waals surface area contributed by atoms with E-state index in [9.17, 15) is 5.11 Å². The van der Waals surface area contributed by atoms with Crippen molar-refractivity contribution < 1.29 is 14.6 Å². The fraction of sp³-hybridized carbons (Fsp3) is 0.680. The Morgan fingerprint density at radius 2 is 2.00 bits per heavy atom. The van der Waals surface area contributed by atoms with Crippen LogP contribution < -0.4 is 0 Å². The average Bonchev–Trinajstić information content (AvgIpc) is 2.64. The minimum absolute atomic E-state index is 0.254. The van der Waals surface area contributed by atoms with Crippen molar-refractivity contribution in [2.45, 2.75) is 92.5 Å². The molecule has 0 saturated carbocycles. The molecular weight excluding hydrogens is 348 g/mol. The van der Waals surface area contributed by atoms with Gasteiger partial charge < -0.3 is 14.6 Å². The Labute approximate surface area is 172 Å². The Morgan fingerprint density at radius 1 is 1.32 bits per heavy atom. The summed E-state index contributed by atoms with van der Waals surface area (Å²) in [4.78, 5) is 0. The standard InChI is InChI=1S/C25H40O3/c1-9-25(7,27-8)28-18-16-19(2)12-15-23(26)21(4)13-14-22-20(3)11-10-17-24(22,5)6/h13,16,23,26H,9-11,14,17-18H2,1-8H3/b19-16-,21-13+. The number of allylic oxidation sites excluding steroid dienone is 4. The second kappa shape index (κ2) is 11.0. The number of methoxy groups -OCH3 is 1. The molecule has 2 unspecified atom stereocenters. The molecule has 1 N–H and O–H groups in total. The van der Waals surface area contributed by atoms with Crippen LogP contribution in [0.3, 0.4) is 0 Å². The zero-order valence-electron chi connectivity index (χ0n) is 19.2. The molecule has 0 heterocycles. The highest BCUT2D eigenvalue weighted by molar-refractivity contribution is 5.32. The molecule has 1 aliphatic rings. The highest BCUT2D eigenvalue weighted by Gasteiger charge is 2.27. The first-order valence-electron chi connectivity index (χ1n) is 10.5. The summed E-state index contributed by atoms with van der Waals surface area (Å²) in [5.41, 5.74) is 5.08. The summed E-state index contributed by atoms with van der Waals surface area (Å²) >= 11 is 0. The van der Waals surface area contributed by atoms with Gasteiger partial charge in [0.2, 0.25) is 0 Å². The molecular formula is C25H40O3. The monoisotopic (exact) mass is 388 g/mol. The molecule has 28 heavy (non-hydrogen) atoms. The van der Waals surface area contributed by atoms with Gasteiger partial charge in [-0.25, -0.2) is 0 Å². The Hall–Kier alpha value is -1.34. The number of hydrogen-bond donors (Lipinski definition) is 1. The Morgan fingerprint density at radius 3 is 2.57 bits per heavy atom. The minimum atomic E-state index is -0.739. The number of ether oxygens (including phenoxy) is 2. The van der Waals surface area contributed by atoms with Gasteiger partial charge in [0, 0.05) is 7.11 Å². The van der Waals surface area contributed by atoms with E-state index in [2.05, 4.69) is 38.7 Å². The van der Waals surface area contributed by atoms with E-state index in [0.29, 0.717) is 6.61 Å².